The van der Waals surface area contributed by atoms with E-state index in [2.05, 4.69) is 398 Å². The Labute approximate surface area is 630 Å². The zero-order valence-corrected chi connectivity index (χ0v) is 63.1. The number of hydrogen-bond acceptors (Lipinski definition) is 2. The first kappa shape index (κ1) is 64.9. The van der Waals surface area contributed by atoms with Crippen LogP contribution in [-0.4, -0.2) is 15.8 Å². The van der Waals surface area contributed by atoms with Crippen LogP contribution in [0.5, 0.6) is 0 Å². The van der Waals surface area contributed by atoms with E-state index < -0.39 is 0 Å². The van der Waals surface area contributed by atoms with E-state index in [1.807, 2.05) is 0 Å². The van der Waals surface area contributed by atoms with Crippen molar-refractivity contribution in [1.29, 1.82) is 0 Å². The van der Waals surface area contributed by atoms with Gasteiger partial charge in [0.05, 0.1) is 27.8 Å². The molecule has 2 aliphatic heterocycles. The average Bonchev–Trinajstić information content (AvgIpc) is 0.940. The first-order chi connectivity index (χ1) is 51.6. The van der Waals surface area contributed by atoms with Crippen LogP contribution in [0.1, 0.15) is 117 Å². The highest BCUT2D eigenvalue weighted by molar-refractivity contribution is 7.00. The minimum Gasteiger partial charge on any atom is -0.311 e. The normalized spacial score (nSPS) is 15.6. The minimum absolute atomic E-state index is 0.0653. The van der Waals surface area contributed by atoms with Gasteiger partial charge in [0, 0.05) is 61.4 Å². The third-order valence-corrected chi connectivity index (χ3v) is 24.8. The van der Waals surface area contributed by atoms with Crippen molar-refractivity contribution >= 4 is 101 Å². The van der Waals surface area contributed by atoms with Gasteiger partial charge in [-0.25, -0.2) is 0 Å². The minimum atomic E-state index is -0.178. The van der Waals surface area contributed by atoms with E-state index in [0.29, 0.717) is 0 Å². The standard InChI is InChI=1S/C102H87BN4/c1-98(2,3)82-31-21-18-28-77(82)72-40-50-87-93(58-72)104(73-43-34-66(35-44-73)70-38-48-83-85(56-70)101(8,9)62-99(83,4)5)95-60-76(107-89-32-22-19-29-78(89)79-30-20-23-33-90(79)107)61-96-97(95)103(87)88-51-47-75(59-94(88)105(96)74-45-36-67(37-46-74)71-39-49-84-86(57-71)102(10,11)63-100(84,6)7)106-91-52-41-68(64-24-14-12-15-25-64)54-80(91)81-55-69(42-53-92(81)106)65-26-16-13-17-27-65/h12-61H,62-63H2,1-11H3. The smallest absolute Gasteiger partial charge is 0.252 e. The van der Waals surface area contributed by atoms with Crippen molar-refractivity contribution in [3.63, 3.8) is 0 Å². The van der Waals surface area contributed by atoms with E-state index in [-0.39, 0.29) is 33.8 Å². The van der Waals surface area contributed by atoms with Crippen molar-refractivity contribution in [3.8, 4) is 67.0 Å². The van der Waals surface area contributed by atoms with Crippen LogP contribution in [-0.2, 0) is 27.1 Å². The fourth-order valence-electron chi connectivity index (χ4n) is 20.4. The van der Waals surface area contributed by atoms with E-state index in [4.69, 9.17) is 0 Å². The monoisotopic (exact) mass is 1380 g/mol. The second kappa shape index (κ2) is 23.4. The summed E-state index contributed by atoms with van der Waals surface area (Å²) in [6, 6.07) is 117. The van der Waals surface area contributed by atoms with Gasteiger partial charge in [-0.3, -0.25) is 0 Å². The Hall–Kier alpha value is -11.7. The van der Waals surface area contributed by atoms with Crippen LogP contribution in [0.4, 0.5) is 34.1 Å². The maximum Gasteiger partial charge on any atom is 0.252 e. The molecule has 518 valence electrons. The summed E-state index contributed by atoms with van der Waals surface area (Å²) in [5.41, 5.74) is 37.0. The quantitative estimate of drug-likeness (QED) is 0.134. The molecule has 4 aliphatic rings. The molecule has 0 spiro atoms. The number of hydrogen-bond donors (Lipinski definition) is 0. The molecule has 0 saturated carbocycles. The van der Waals surface area contributed by atoms with Gasteiger partial charge in [-0.15, -0.1) is 0 Å². The lowest BCUT2D eigenvalue weighted by molar-refractivity contribution is 0.402. The Kier molecular flexibility index (Phi) is 14.2. The molecule has 5 heteroatoms. The van der Waals surface area contributed by atoms with Crippen molar-refractivity contribution in [2.75, 3.05) is 9.80 Å². The largest absolute Gasteiger partial charge is 0.311 e. The molecule has 0 atom stereocenters. The molecule has 107 heavy (non-hydrogen) atoms. The molecule has 20 rings (SSSR count). The highest BCUT2D eigenvalue weighted by atomic mass is 15.2. The molecule has 0 fully saturated rings. The fraction of sp³-hybridized carbons (Fsp3) is 0.176. The summed E-state index contributed by atoms with van der Waals surface area (Å²) in [7, 11) is 0. The zero-order chi connectivity index (χ0) is 72.8. The lowest BCUT2D eigenvalue weighted by Gasteiger charge is -2.45. The summed E-state index contributed by atoms with van der Waals surface area (Å²) >= 11 is 0. The second-order valence-corrected chi connectivity index (χ2v) is 34.7. The van der Waals surface area contributed by atoms with E-state index in [1.54, 1.807) is 0 Å². The van der Waals surface area contributed by atoms with E-state index in [9.17, 15) is 0 Å². The molecule has 2 aromatic heterocycles. The fourth-order valence-corrected chi connectivity index (χ4v) is 20.4. The van der Waals surface area contributed by atoms with E-state index >= 15 is 0 Å². The lowest BCUT2D eigenvalue weighted by Crippen LogP contribution is -2.61. The predicted molar refractivity (Wildman–Crippen MR) is 456 cm³/mol. The van der Waals surface area contributed by atoms with Crippen LogP contribution in [0.3, 0.4) is 0 Å². The molecule has 4 heterocycles. The Morgan fingerprint density at radius 2 is 0.636 bits per heavy atom. The molecule has 2 aliphatic carbocycles. The van der Waals surface area contributed by atoms with Gasteiger partial charge < -0.3 is 18.9 Å². The molecule has 0 radical (unpaired) electrons. The van der Waals surface area contributed by atoms with Crippen LogP contribution in [0.2, 0.25) is 0 Å². The summed E-state index contributed by atoms with van der Waals surface area (Å²) in [6.45, 7) is 26.2. The van der Waals surface area contributed by atoms with E-state index in [1.165, 1.54) is 138 Å². The number of nitrogens with zero attached hydrogens (tertiary/aromatic N) is 4. The van der Waals surface area contributed by atoms with Crippen LogP contribution in [0.25, 0.3) is 111 Å². The van der Waals surface area contributed by atoms with Crippen molar-refractivity contribution < 1.29 is 0 Å². The van der Waals surface area contributed by atoms with Crippen molar-refractivity contribution in [2.45, 2.75) is 116 Å². The molecule has 4 nitrogen and oxygen atoms in total. The highest BCUT2D eigenvalue weighted by Crippen LogP contribution is 2.54. The first-order valence-corrected chi connectivity index (χ1v) is 38.5. The molecule has 16 aromatic rings. The molecular weight excluding hydrogens is 1290 g/mol. The Bertz CT molecular complexity index is 6200. The molecule has 0 saturated heterocycles. The number of aromatic nitrogens is 2. The average molecular weight is 1380 g/mol. The zero-order valence-electron chi connectivity index (χ0n) is 63.1. The summed E-state index contributed by atoms with van der Waals surface area (Å²) in [6.07, 6.45) is 2.25. The Morgan fingerprint density at radius 3 is 1.14 bits per heavy atom. The summed E-state index contributed by atoms with van der Waals surface area (Å²) in [5, 5.41) is 4.88. The maximum absolute atomic E-state index is 2.63. The van der Waals surface area contributed by atoms with Crippen LogP contribution in [0, 0.1) is 0 Å². The molecule has 0 bridgehead atoms. The van der Waals surface area contributed by atoms with Crippen molar-refractivity contribution in [1.82, 2.24) is 9.13 Å². The van der Waals surface area contributed by atoms with Gasteiger partial charge >= 0.3 is 0 Å². The summed E-state index contributed by atoms with van der Waals surface area (Å²) < 4.78 is 5.07. The van der Waals surface area contributed by atoms with E-state index in [0.717, 1.165) is 63.7 Å². The highest BCUT2D eigenvalue weighted by Gasteiger charge is 2.46. The van der Waals surface area contributed by atoms with Crippen molar-refractivity contribution in [3.05, 3.63) is 331 Å². The summed E-state index contributed by atoms with van der Waals surface area (Å²) in [5.74, 6) is 0. The molecule has 0 unspecified atom stereocenters. The van der Waals surface area contributed by atoms with Crippen LogP contribution in [0.15, 0.2) is 303 Å². The van der Waals surface area contributed by atoms with Gasteiger partial charge in [-0.2, -0.15) is 0 Å². The van der Waals surface area contributed by atoms with Gasteiger partial charge in [0.25, 0.3) is 6.71 Å². The van der Waals surface area contributed by atoms with Crippen molar-refractivity contribution in [2.24, 2.45) is 0 Å². The van der Waals surface area contributed by atoms with Gasteiger partial charge in [0.1, 0.15) is 0 Å². The topological polar surface area (TPSA) is 16.3 Å². The maximum atomic E-state index is 2.63. The third kappa shape index (κ3) is 10.2. The Balaban J connectivity index is 0.866. The summed E-state index contributed by atoms with van der Waals surface area (Å²) in [4.78, 5) is 5.27. The van der Waals surface area contributed by atoms with Gasteiger partial charge in [-0.1, -0.05) is 288 Å². The predicted octanol–water partition coefficient (Wildman–Crippen LogP) is 25.5. The molecule has 0 amide bonds. The number of fused-ring (bicyclic) bond motifs is 12. The molecule has 14 aromatic carbocycles. The molecule has 0 N–H and O–H groups in total. The van der Waals surface area contributed by atoms with Gasteiger partial charge in [0.2, 0.25) is 0 Å². The first-order valence-electron chi connectivity index (χ1n) is 38.5. The Morgan fingerprint density at radius 1 is 0.271 bits per heavy atom. The SMILES string of the molecule is CC(C)(C)c1ccccc1-c1ccc2c(c1)N(c1ccc(-c3ccc4c(c3)C(C)(C)CC4(C)C)cc1)c1cc(-n3c4ccccc4c4ccccc43)cc3c1B2c1ccc(-n2c4ccc(-c5ccccc5)cc4c4cc(-c5ccccc5)ccc42)cc1N3c1ccc(-c2ccc3c(c2)C(C)(C)CC3(C)C)cc1. The lowest BCUT2D eigenvalue weighted by atomic mass is 9.33. The number of anilines is 6. The second-order valence-electron chi connectivity index (χ2n) is 34.7. The van der Waals surface area contributed by atoms with Gasteiger partial charge in [0.15, 0.2) is 0 Å². The van der Waals surface area contributed by atoms with Gasteiger partial charge in [-0.05, 0) is 231 Å². The third-order valence-electron chi connectivity index (χ3n) is 24.8. The number of benzene rings is 14. The number of rotatable bonds is 9. The number of para-hydroxylation sites is 2. The van der Waals surface area contributed by atoms with Crippen LogP contribution >= 0.6 is 0 Å². The molecular formula is C102H87BN4. The van der Waals surface area contributed by atoms with Crippen LogP contribution < -0.4 is 26.2 Å².